The second-order valence-electron chi connectivity index (χ2n) is 5.42. The summed E-state index contributed by atoms with van der Waals surface area (Å²) >= 11 is 0. The second kappa shape index (κ2) is 4.31. The summed E-state index contributed by atoms with van der Waals surface area (Å²) in [6.07, 6.45) is 4.43. The summed E-state index contributed by atoms with van der Waals surface area (Å²) in [4.78, 5) is 5.63. The van der Waals surface area contributed by atoms with Gasteiger partial charge in [-0.25, -0.2) is 4.68 Å². The standard InChI is InChI=1S/C13H21N5/c1-9-4-5-10(8-17(9)2)15-12-11-6-7-14-13(11)18(3)16-12/h6-7,9-10,14H,4-5,8H2,1-3H3,(H,15,16). The number of piperidine rings is 1. The number of hydrogen-bond donors (Lipinski definition) is 2. The van der Waals surface area contributed by atoms with Crippen molar-refractivity contribution in [1.82, 2.24) is 19.7 Å². The average molecular weight is 247 g/mol. The highest BCUT2D eigenvalue weighted by atomic mass is 15.3. The first-order valence-corrected chi connectivity index (χ1v) is 6.62. The molecule has 0 aromatic carbocycles. The number of hydrogen-bond acceptors (Lipinski definition) is 3. The van der Waals surface area contributed by atoms with E-state index in [1.165, 1.54) is 18.2 Å². The lowest BCUT2D eigenvalue weighted by Crippen LogP contribution is -2.44. The molecule has 0 radical (unpaired) electrons. The minimum Gasteiger partial charge on any atom is -0.364 e. The molecule has 2 unspecified atom stereocenters. The summed E-state index contributed by atoms with van der Waals surface area (Å²) in [5.74, 6) is 1.00. The van der Waals surface area contributed by atoms with Crippen molar-refractivity contribution < 1.29 is 0 Å². The van der Waals surface area contributed by atoms with Crippen LogP contribution < -0.4 is 5.32 Å². The molecular formula is C13H21N5. The zero-order chi connectivity index (χ0) is 12.7. The Bertz CT molecular complexity index is 541. The van der Waals surface area contributed by atoms with Gasteiger partial charge in [0.1, 0.15) is 5.65 Å². The molecule has 2 aromatic heterocycles. The summed E-state index contributed by atoms with van der Waals surface area (Å²) in [5, 5.41) is 9.31. The van der Waals surface area contributed by atoms with Crippen LogP contribution in [0.25, 0.3) is 11.0 Å². The minimum absolute atomic E-state index is 0.499. The van der Waals surface area contributed by atoms with Crippen LogP contribution in [-0.4, -0.2) is 45.3 Å². The van der Waals surface area contributed by atoms with E-state index in [2.05, 4.69) is 40.3 Å². The normalized spacial score (nSPS) is 25.7. The quantitative estimate of drug-likeness (QED) is 0.850. The van der Waals surface area contributed by atoms with Crippen molar-refractivity contribution in [3.05, 3.63) is 12.3 Å². The molecule has 0 bridgehead atoms. The van der Waals surface area contributed by atoms with Gasteiger partial charge in [0.15, 0.2) is 5.82 Å². The van der Waals surface area contributed by atoms with Gasteiger partial charge >= 0.3 is 0 Å². The van der Waals surface area contributed by atoms with Gasteiger partial charge in [0, 0.05) is 31.9 Å². The van der Waals surface area contributed by atoms with E-state index >= 15 is 0 Å². The SMILES string of the molecule is CC1CCC(Nc2nn(C)c3[nH]ccc23)CN1C. The zero-order valence-corrected chi connectivity index (χ0v) is 11.3. The fourth-order valence-corrected chi connectivity index (χ4v) is 2.77. The Morgan fingerprint density at radius 2 is 2.22 bits per heavy atom. The van der Waals surface area contributed by atoms with E-state index in [0.717, 1.165) is 18.0 Å². The Balaban J connectivity index is 1.78. The maximum absolute atomic E-state index is 4.54. The number of aromatic nitrogens is 3. The Morgan fingerprint density at radius 1 is 1.39 bits per heavy atom. The highest BCUT2D eigenvalue weighted by molar-refractivity contribution is 5.88. The molecule has 0 saturated carbocycles. The van der Waals surface area contributed by atoms with Crippen molar-refractivity contribution in [2.75, 3.05) is 18.9 Å². The van der Waals surface area contributed by atoms with Gasteiger partial charge in [0.05, 0.1) is 5.39 Å². The second-order valence-corrected chi connectivity index (χ2v) is 5.42. The van der Waals surface area contributed by atoms with Crippen molar-refractivity contribution in [3.63, 3.8) is 0 Å². The zero-order valence-electron chi connectivity index (χ0n) is 11.3. The van der Waals surface area contributed by atoms with Crippen LogP contribution in [0.5, 0.6) is 0 Å². The summed E-state index contributed by atoms with van der Waals surface area (Å²) in [6, 6.07) is 3.28. The number of likely N-dealkylation sites (N-methyl/N-ethyl adjacent to an activating group) is 1. The summed E-state index contributed by atoms with van der Waals surface area (Å²) < 4.78 is 1.90. The molecule has 2 N–H and O–H groups in total. The fraction of sp³-hybridized carbons (Fsp3) is 0.615. The van der Waals surface area contributed by atoms with Crippen molar-refractivity contribution in [1.29, 1.82) is 0 Å². The Kier molecular flexibility index (Phi) is 2.78. The molecule has 0 aliphatic carbocycles. The van der Waals surface area contributed by atoms with Crippen molar-refractivity contribution >= 4 is 16.9 Å². The van der Waals surface area contributed by atoms with E-state index < -0.39 is 0 Å². The highest BCUT2D eigenvalue weighted by Gasteiger charge is 2.23. The molecule has 5 nitrogen and oxygen atoms in total. The molecule has 1 fully saturated rings. The van der Waals surface area contributed by atoms with Gasteiger partial charge in [-0.15, -0.1) is 0 Å². The number of likely N-dealkylation sites (tertiary alicyclic amines) is 1. The van der Waals surface area contributed by atoms with Crippen molar-refractivity contribution in [2.24, 2.45) is 7.05 Å². The number of fused-ring (bicyclic) bond motifs is 1. The number of H-pyrrole nitrogens is 1. The molecule has 0 spiro atoms. The van der Waals surface area contributed by atoms with Gasteiger partial charge in [-0.1, -0.05) is 0 Å². The number of nitrogens with zero attached hydrogens (tertiary/aromatic N) is 3. The third kappa shape index (κ3) is 1.88. The van der Waals surface area contributed by atoms with Crippen LogP contribution in [0, 0.1) is 0 Å². The maximum Gasteiger partial charge on any atom is 0.157 e. The van der Waals surface area contributed by atoms with Crippen LogP contribution >= 0.6 is 0 Å². The molecule has 5 heteroatoms. The van der Waals surface area contributed by atoms with Crippen LogP contribution in [0.2, 0.25) is 0 Å². The van der Waals surface area contributed by atoms with Gasteiger partial charge in [-0.3, -0.25) is 0 Å². The van der Waals surface area contributed by atoms with E-state index in [0.29, 0.717) is 12.1 Å². The molecule has 2 atom stereocenters. The molecule has 3 rings (SSSR count). The lowest BCUT2D eigenvalue weighted by Gasteiger charge is -2.35. The van der Waals surface area contributed by atoms with Gasteiger partial charge in [0.2, 0.25) is 0 Å². The smallest absolute Gasteiger partial charge is 0.157 e. The third-order valence-electron chi connectivity index (χ3n) is 4.09. The molecule has 1 aliphatic heterocycles. The van der Waals surface area contributed by atoms with Crippen LogP contribution in [0.4, 0.5) is 5.82 Å². The first-order chi connectivity index (χ1) is 8.65. The van der Waals surface area contributed by atoms with Gasteiger partial charge < -0.3 is 15.2 Å². The predicted molar refractivity (Wildman–Crippen MR) is 73.8 cm³/mol. The lowest BCUT2D eigenvalue weighted by molar-refractivity contribution is 0.188. The molecular weight excluding hydrogens is 226 g/mol. The molecule has 0 amide bonds. The molecule has 98 valence electrons. The van der Waals surface area contributed by atoms with Crippen LogP contribution in [0.15, 0.2) is 12.3 Å². The maximum atomic E-state index is 4.54. The van der Waals surface area contributed by atoms with E-state index in [4.69, 9.17) is 0 Å². The summed E-state index contributed by atoms with van der Waals surface area (Å²) in [7, 11) is 4.17. The summed E-state index contributed by atoms with van der Waals surface area (Å²) in [6.45, 7) is 3.38. The number of aromatic amines is 1. The van der Waals surface area contributed by atoms with E-state index in [9.17, 15) is 0 Å². The first kappa shape index (κ1) is 11.6. The Morgan fingerprint density at radius 3 is 3.00 bits per heavy atom. The number of aryl methyl sites for hydroxylation is 1. The average Bonchev–Trinajstić information content (AvgIpc) is 2.90. The minimum atomic E-state index is 0.499. The lowest BCUT2D eigenvalue weighted by atomic mass is 10.0. The van der Waals surface area contributed by atoms with Crippen LogP contribution in [-0.2, 0) is 7.05 Å². The van der Waals surface area contributed by atoms with E-state index in [1.807, 2.05) is 17.9 Å². The Labute approximate surface area is 107 Å². The van der Waals surface area contributed by atoms with Crippen molar-refractivity contribution in [2.45, 2.75) is 31.8 Å². The largest absolute Gasteiger partial charge is 0.364 e. The number of nitrogens with one attached hydrogen (secondary N) is 2. The van der Waals surface area contributed by atoms with Crippen LogP contribution in [0.1, 0.15) is 19.8 Å². The predicted octanol–water partition coefficient (Wildman–Crippen LogP) is 1.80. The molecule has 1 saturated heterocycles. The molecule has 2 aromatic rings. The Hall–Kier alpha value is -1.49. The van der Waals surface area contributed by atoms with Crippen LogP contribution in [0.3, 0.4) is 0 Å². The summed E-state index contributed by atoms with van der Waals surface area (Å²) in [5.41, 5.74) is 1.08. The third-order valence-corrected chi connectivity index (χ3v) is 4.09. The van der Waals surface area contributed by atoms with Gasteiger partial charge in [0.25, 0.3) is 0 Å². The number of rotatable bonds is 2. The monoisotopic (exact) mass is 247 g/mol. The van der Waals surface area contributed by atoms with Gasteiger partial charge in [-0.05, 0) is 32.9 Å². The van der Waals surface area contributed by atoms with Gasteiger partial charge in [-0.2, -0.15) is 5.10 Å². The molecule has 1 aliphatic rings. The van der Waals surface area contributed by atoms with E-state index in [-0.39, 0.29) is 0 Å². The number of anilines is 1. The molecule has 18 heavy (non-hydrogen) atoms. The first-order valence-electron chi connectivity index (χ1n) is 6.62. The fourth-order valence-electron chi connectivity index (χ4n) is 2.77. The molecule has 3 heterocycles. The highest BCUT2D eigenvalue weighted by Crippen LogP contribution is 2.24. The van der Waals surface area contributed by atoms with Crippen molar-refractivity contribution in [3.8, 4) is 0 Å². The topological polar surface area (TPSA) is 48.9 Å². The van der Waals surface area contributed by atoms with E-state index in [1.54, 1.807) is 0 Å².